The van der Waals surface area contributed by atoms with E-state index in [0.29, 0.717) is 0 Å². The molecule has 0 spiro atoms. The molecule has 2 N–H and O–H groups in total. The molecule has 0 aliphatic heterocycles. The zero-order valence-corrected chi connectivity index (χ0v) is 8.54. The second-order valence-electron chi connectivity index (χ2n) is 3.47. The zero-order valence-electron chi connectivity index (χ0n) is 8.54. The maximum Gasteiger partial charge on any atom is 0.115 e. The quantitative estimate of drug-likeness (QED) is 0.786. The van der Waals surface area contributed by atoms with Gasteiger partial charge in [0.25, 0.3) is 0 Å². The van der Waals surface area contributed by atoms with Crippen LogP contribution in [0.25, 0.3) is 0 Å². The van der Waals surface area contributed by atoms with Gasteiger partial charge in [0.05, 0.1) is 17.9 Å². The van der Waals surface area contributed by atoms with E-state index in [9.17, 15) is 0 Å². The molecule has 5 nitrogen and oxygen atoms in total. The first-order chi connectivity index (χ1) is 7.25. The Labute approximate surface area is 88.0 Å². The molecular formula is C10H13N5. The summed E-state index contributed by atoms with van der Waals surface area (Å²) >= 11 is 0. The number of rotatable bonds is 3. The highest BCUT2D eigenvalue weighted by Crippen LogP contribution is 2.12. The average Bonchev–Trinajstić information content (AvgIpc) is 2.65. The molecule has 2 aromatic heterocycles. The van der Waals surface area contributed by atoms with Gasteiger partial charge >= 0.3 is 0 Å². The first kappa shape index (κ1) is 9.79. The predicted octanol–water partition coefficient (Wildman–Crippen LogP) is 0.453. The van der Waals surface area contributed by atoms with Gasteiger partial charge in [0.1, 0.15) is 6.33 Å². The van der Waals surface area contributed by atoms with Crippen molar-refractivity contribution in [1.29, 1.82) is 0 Å². The van der Waals surface area contributed by atoms with E-state index >= 15 is 0 Å². The minimum absolute atomic E-state index is 0.0998. The van der Waals surface area contributed by atoms with E-state index in [4.69, 9.17) is 5.73 Å². The molecule has 0 aromatic carbocycles. The van der Waals surface area contributed by atoms with Crippen molar-refractivity contribution in [2.75, 3.05) is 0 Å². The minimum Gasteiger partial charge on any atom is -0.322 e. The van der Waals surface area contributed by atoms with Gasteiger partial charge in [-0.05, 0) is 18.1 Å². The van der Waals surface area contributed by atoms with Crippen LogP contribution >= 0.6 is 0 Å². The Hall–Kier alpha value is -1.75. The summed E-state index contributed by atoms with van der Waals surface area (Å²) in [6, 6.07) is 1.73. The van der Waals surface area contributed by atoms with Crippen LogP contribution in [-0.4, -0.2) is 19.7 Å². The van der Waals surface area contributed by atoms with Crippen LogP contribution in [0.5, 0.6) is 0 Å². The van der Waals surface area contributed by atoms with Crippen LogP contribution in [0.2, 0.25) is 0 Å². The molecule has 2 rings (SSSR count). The number of hydrogen-bond acceptors (Lipinski definition) is 4. The van der Waals surface area contributed by atoms with Crippen LogP contribution in [0.15, 0.2) is 31.0 Å². The highest BCUT2D eigenvalue weighted by molar-refractivity contribution is 5.12. The molecule has 0 amide bonds. The molecule has 0 saturated carbocycles. The average molecular weight is 203 g/mol. The molecule has 2 aromatic rings. The molecular weight excluding hydrogens is 190 g/mol. The van der Waals surface area contributed by atoms with Gasteiger partial charge in [-0.15, -0.1) is 0 Å². The summed E-state index contributed by atoms with van der Waals surface area (Å²) in [6.07, 6.45) is 7.73. The van der Waals surface area contributed by atoms with Gasteiger partial charge in [0.2, 0.25) is 0 Å². The second kappa shape index (κ2) is 4.18. The van der Waals surface area contributed by atoms with Gasteiger partial charge in [0.15, 0.2) is 0 Å². The SMILES string of the molecule is Cn1cc(CC(N)c2ccncn2)cn1. The third-order valence-electron chi connectivity index (χ3n) is 2.20. The van der Waals surface area contributed by atoms with E-state index in [-0.39, 0.29) is 6.04 Å². The Balaban J connectivity index is 2.07. The van der Waals surface area contributed by atoms with Crippen LogP contribution in [-0.2, 0) is 13.5 Å². The fourth-order valence-corrected chi connectivity index (χ4v) is 1.46. The summed E-state index contributed by atoms with van der Waals surface area (Å²) in [7, 11) is 1.89. The molecule has 15 heavy (non-hydrogen) atoms. The molecule has 0 saturated heterocycles. The fraction of sp³-hybridized carbons (Fsp3) is 0.300. The maximum absolute atomic E-state index is 6.01. The van der Waals surface area contributed by atoms with E-state index in [2.05, 4.69) is 15.1 Å². The number of nitrogens with zero attached hydrogens (tertiary/aromatic N) is 4. The van der Waals surface area contributed by atoms with Gasteiger partial charge in [-0.2, -0.15) is 5.10 Å². The molecule has 0 radical (unpaired) electrons. The van der Waals surface area contributed by atoms with E-state index in [0.717, 1.165) is 17.7 Å². The Morgan fingerprint density at radius 1 is 1.53 bits per heavy atom. The number of hydrogen-bond donors (Lipinski definition) is 1. The first-order valence-electron chi connectivity index (χ1n) is 4.74. The van der Waals surface area contributed by atoms with Crippen LogP contribution in [0.3, 0.4) is 0 Å². The van der Waals surface area contributed by atoms with Gasteiger partial charge in [0, 0.05) is 19.4 Å². The lowest BCUT2D eigenvalue weighted by Crippen LogP contribution is -2.14. The predicted molar refractivity (Wildman–Crippen MR) is 55.9 cm³/mol. The summed E-state index contributed by atoms with van der Waals surface area (Å²) in [5, 5.41) is 4.09. The minimum atomic E-state index is -0.0998. The molecule has 2 heterocycles. The van der Waals surface area contributed by atoms with Crippen molar-refractivity contribution >= 4 is 0 Å². The van der Waals surface area contributed by atoms with Crippen molar-refractivity contribution in [2.45, 2.75) is 12.5 Å². The molecule has 0 aliphatic carbocycles. The topological polar surface area (TPSA) is 69.6 Å². The smallest absolute Gasteiger partial charge is 0.115 e. The monoisotopic (exact) mass is 203 g/mol. The largest absolute Gasteiger partial charge is 0.322 e. The summed E-state index contributed by atoms with van der Waals surface area (Å²) in [6.45, 7) is 0. The van der Waals surface area contributed by atoms with Crippen molar-refractivity contribution in [2.24, 2.45) is 12.8 Å². The van der Waals surface area contributed by atoms with Crippen molar-refractivity contribution in [3.63, 3.8) is 0 Å². The summed E-state index contributed by atoms with van der Waals surface area (Å²) < 4.78 is 1.77. The number of aryl methyl sites for hydroxylation is 1. The highest BCUT2D eigenvalue weighted by atomic mass is 15.2. The Morgan fingerprint density at radius 3 is 3.00 bits per heavy atom. The summed E-state index contributed by atoms with van der Waals surface area (Å²) in [5.74, 6) is 0. The van der Waals surface area contributed by atoms with Gasteiger partial charge in [-0.3, -0.25) is 4.68 Å². The van der Waals surface area contributed by atoms with Crippen LogP contribution < -0.4 is 5.73 Å². The number of aromatic nitrogens is 4. The summed E-state index contributed by atoms with van der Waals surface area (Å²) in [5.41, 5.74) is 7.98. The molecule has 78 valence electrons. The molecule has 1 atom stereocenters. The lowest BCUT2D eigenvalue weighted by molar-refractivity contribution is 0.691. The molecule has 0 aliphatic rings. The third kappa shape index (κ3) is 2.38. The third-order valence-corrected chi connectivity index (χ3v) is 2.20. The lowest BCUT2D eigenvalue weighted by Gasteiger charge is -2.08. The Bertz CT molecular complexity index is 422. The van der Waals surface area contributed by atoms with Crippen molar-refractivity contribution in [3.8, 4) is 0 Å². The van der Waals surface area contributed by atoms with Crippen molar-refractivity contribution < 1.29 is 0 Å². The molecule has 0 bridgehead atoms. The van der Waals surface area contributed by atoms with Gasteiger partial charge < -0.3 is 5.73 Å². The summed E-state index contributed by atoms with van der Waals surface area (Å²) in [4.78, 5) is 7.97. The number of nitrogens with two attached hydrogens (primary N) is 1. The second-order valence-corrected chi connectivity index (χ2v) is 3.47. The van der Waals surface area contributed by atoms with Crippen LogP contribution in [0, 0.1) is 0 Å². The van der Waals surface area contributed by atoms with Crippen molar-refractivity contribution in [3.05, 3.63) is 42.2 Å². The van der Waals surface area contributed by atoms with Crippen LogP contribution in [0.4, 0.5) is 0 Å². The zero-order chi connectivity index (χ0) is 10.7. The molecule has 1 unspecified atom stereocenters. The standard InChI is InChI=1S/C10H13N5/c1-15-6-8(5-14-15)4-9(11)10-2-3-12-7-13-10/h2-3,5-7,9H,4,11H2,1H3. The van der Waals surface area contributed by atoms with E-state index in [1.165, 1.54) is 6.33 Å². The van der Waals surface area contributed by atoms with Crippen molar-refractivity contribution in [1.82, 2.24) is 19.7 Å². The maximum atomic E-state index is 6.01. The van der Waals surface area contributed by atoms with Crippen LogP contribution in [0.1, 0.15) is 17.3 Å². The normalized spacial score (nSPS) is 12.7. The molecule has 0 fully saturated rings. The van der Waals surface area contributed by atoms with Gasteiger partial charge in [-0.25, -0.2) is 9.97 Å². The van der Waals surface area contributed by atoms with E-state index < -0.39 is 0 Å². The Morgan fingerprint density at radius 2 is 2.40 bits per heavy atom. The Kier molecular flexibility index (Phi) is 2.73. The van der Waals surface area contributed by atoms with E-state index in [1.807, 2.05) is 25.5 Å². The molecule has 5 heteroatoms. The lowest BCUT2D eigenvalue weighted by atomic mass is 10.1. The highest BCUT2D eigenvalue weighted by Gasteiger charge is 2.08. The van der Waals surface area contributed by atoms with Gasteiger partial charge in [-0.1, -0.05) is 0 Å². The van der Waals surface area contributed by atoms with E-state index in [1.54, 1.807) is 10.9 Å². The fourth-order valence-electron chi connectivity index (χ4n) is 1.46. The first-order valence-corrected chi connectivity index (χ1v) is 4.74.